The molecule has 0 aromatic carbocycles. The Balaban J connectivity index is 1.93. The zero-order chi connectivity index (χ0) is 13.4. The summed E-state index contributed by atoms with van der Waals surface area (Å²) in [5.74, 6) is -0.477. The maximum Gasteiger partial charge on any atom is 0.223 e. The molecule has 1 amide bonds. The fourth-order valence-electron chi connectivity index (χ4n) is 2.99. The number of rotatable bonds is 4. The molecular formula is C11H20N2O4S. The van der Waals surface area contributed by atoms with Gasteiger partial charge in [0.15, 0.2) is 0 Å². The number of nitrogens with two attached hydrogens (primary N) is 1. The summed E-state index contributed by atoms with van der Waals surface area (Å²) in [5.41, 5.74) is -0.772. The summed E-state index contributed by atoms with van der Waals surface area (Å²) in [4.78, 5) is 13.4. The highest BCUT2D eigenvalue weighted by molar-refractivity contribution is 7.89. The lowest BCUT2D eigenvalue weighted by Gasteiger charge is -2.28. The molecule has 0 aromatic heterocycles. The number of hydrogen-bond acceptors (Lipinski definition) is 4. The number of carbonyl (C=O) groups is 1. The van der Waals surface area contributed by atoms with Gasteiger partial charge >= 0.3 is 0 Å². The van der Waals surface area contributed by atoms with E-state index in [1.165, 1.54) is 0 Å². The molecule has 1 unspecified atom stereocenters. The molecule has 1 saturated heterocycles. The lowest BCUT2D eigenvalue weighted by Crippen LogP contribution is -2.42. The second-order valence-electron chi connectivity index (χ2n) is 5.61. The van der Waals surface area contributed by atoms with Crippen LogP contribution in [0.4, 0.5) is 0 Å². The second-order valence-corrected chi connectivity index (χ2v) is 7.26. The molecule has 18 heavy (non-hydrogen) atoms. The molecule has 7 heteroatoms. The molecule has 0 spiro atoms. The van der Waals surface area contributed by atoms with Crippen molar-refractivity contribution in [2.75, 3.05) is 18.8 Å². The van der Waals surface area contributed by atoms with Crippen molar-refractivity contribution in [1.29, 1.82) is 0 Å². The summed E-state index contributed by atoms with van der Waals surface area (Å²) < 4.78 is 22.0. The molecule has 104 valence electrons. The van der Waals surface area contributed by atoms with Crippen LogP contribution in [0.5, 0.6) is 0 Å². The highest BCUT2D eigenvalue weighted by atomic mass is 32.2. The van der Waals surface area contributed by atoms with E-state index in [1.807, 2.05) is 0 Å². The molecule has 1 saturated carbocycles. The molecule has 1 aliphatic heterocycles. The number of primary sulfonamides is 1. The third-order valence-corrected chi connectivity index (χ3v) is 4.72. The van der Waals surface area contributed by atoms with E-state index in [1.54, 1.807) is 4.90 Å². The molecule has 1 aliphatic carbocycles. The molecule has 0 radical (unpaired) electrons. The van der Waals surface area contributed by atoms with Gasteiger partial charge < -0.3 is 10.0 Å². The average molecular weight is 276 g/mol. The van der Waals surface area contributed by atoms with Gasteiger partial charge in [-0.1, -0.05) is 12.8 Å². The first-order chi connectivity index (χ1) is 8.27. The van der Waals surface area contributed by atoms with Gasteiger partial charge in [-0.25, -0.2) is 13.6 Å². The highest BCUT2D eigenvalue weighted by Crippen LogP contribution is 2.32. The number of likely N-dealkylation sites (tertiary alicyclic amines) is 1. The fourth-order valence-corrected chi connectivity index (χ4v) is 3.87. The van der Waals surface area contributed by atoms with Crippen LogP contribution in [0.25, 0.3) is 0 Å². The molecule has 2 fully saturated rings. The van der Waals surface area contributed by atoms with Crippen LogP contribution in [-0.2, 0) is 14.8 Å². The number of aliphatic hydroxyl groups is 1. The SMILES string of the molecule is NS(=O)(=O)CC1CC(=O)N(CC2(O)CCCC2)C1. The maximum atomic E-state index is 11.8. The summed E-state index contributed by atoms with van der Waals surface area (Å²) in [5, 5.41) is 15.2. The molecule has 0 bridgehead atoms. The first-order valence-electron chi connectivity index (χ1n) is 6.28. The van der Waals surface area contributed by atoms with Gasteiger partial charge in [-0.2, -0.15) is 0 Å². The quantitative estimate of drug-likeness (QED) is 0.718. The van der Waals surface area contributed by atoms with Crippen molar-refractivity contribution in [3.8, 4) is 0 Å². The molecule has 1 heterocycles. The monoisotopic (exact) mass is 276 g/mol. The molecule has 2 rings (SSSR count). The van der Waals surface area contributed by atoms with Crippen molar-refractivity contribution in [2.45, 2.75) is 37.7 Å². The second kappa shape index (κ2) is 4.79. The molecule has 3 N–H and O–H groups in total. The van der Waals surface area contributed by atoms with Crippen molar-refractivity contribution < 1.29 is 18.3 Å². The number of carbonyl (C=O) groups excluding carboxylic acids is 1. The van der Waals surface area contributed by atoms with E-state index in [9.17, 15) is 18.3 Å². The van der Waals surface area contributed by atoms with E-state index in [-0.39, 0.29) is 24.0 Å². The Morgan fingerprint density at radius 3 is 2.56 bits per heavy atom. The molecule has 0 aromatic rings. The van der Waals surface area contributed by atoms with Crippen LogP contribution in [0, 0.1) is 5.92 Å². The summed E-state index contributed by atoms with van der Waals surface area (Å²) >= 11 is 0. The van der Waals surface area contributed by atoms with E-state index < -0.39 is 15.6 Å². The van der Waals surface area contributed by atoms with Crippen LogP contribution in [0.2, 0.25) is 0 Å². The van der Waals surface area contributed by atoms with Gasteiger partial charge in [-0.05, 0) is 12.8 Å². The van der Waals surface area contributed by atoms with Crippen LogP contribution < -0.4 is 5.14 Å². The Bertz CT molecular complexity index is 428. The van der Waals surface area contributed by atoms with Gasteiger partial charge in [-0.3, -0.25) is 4.79 Å². The average Bonchev–Trinajstić information content (AvgIpc) is 2.73. The Hall–Kier alpha value is -0.660. The van der Waals surface area contributed by atoms with Crippen molar-refractivity contribution in [2.24, 2.45) is 11.1 Å². The third-order valence-electron chi connectivity index (χ3n) is 3.78. The number of hydrogen-bond donors (Lipinski definition) is 2. The van der Waals surface area contributed by atoms with Gasteiger partial charge in [0.25, 0.3) is 0 Å². The zero-order valence-electron chi connectivity index (χ0n) is 10.3. The Kier molecular flexibility index (Phi) is 3.66. The number of β-amino-alcohol motifs (C(OH)–C–C–N with tert-alkyl or cyclic N) is 1. The standard InChI is InChI=1S/C11H20N2O4S/c12-18(16,17)7-9-5-10(14)13(6-9)8-11(15)3-1-2-4-11/h9,15H,1-8H2,(H2,12,16,17). The molecular weight excluding hydrogens is 256 g/mol. The Morgan fingerprint density at radius 1 is 1.39 bits per heavy atom. The van der Waals surface area contributed by atoms with Crippen LogP contribution in [0.15, 0.2) is 0 Å². The van der Waals surface area contributed by atoms with E-state index in [0.717, 1.165) is 25.7 Å². The topological polar surface area (TPSA) is 101 Å². The minimum Gasteiger partial charge on any atom is -0.388 e. The largest absolute Gasteiger partial charge is 0.388 e. The Labute approximate surface area is 107 Å². The number of nitrogens with zero attached hydrogens (tertiary/aromatic N) is 1. The summed E-state index contributed by atoms with van der Waals surface area (Å²) in [6, 6.07) is 0. The highest BCUT2D eigenvalue weighted by Gasteiger charge is 2.39. The molecule has 6 nitrogen and oxygen atoms in total. The van der Waals surface area contributed by atoms with Crippen LogP contribution in [0.3, 0.4) is 0 Å². The van der Waals surface area contributed by atoms with Crippen molar-refractivity contribution in [3.63, 3.8) is 0 Å². The van der Waals surface area contributed by atoms with E-state index >= 15 is 0 Å². The maximum absolute atomic E-state index is 11.8. The molecule has 2 aliphatic rings. The number of sulfonamides is 1. The van der Waals surface area contributed by atoms with Gasteiger partial charge in [0.2, 0.25) is 15.9 Å². The summed E-state index contributed by atoms with van der Waals surface area (Å²) in [6.07, 6.45) is 3.62. The van der Waals surface area contributed by atoms with Gasteiger partial charge in [-0.15, -0.1) is 0 Å². The molecule has 1 atom stereocenters. The van der Waals surface area contributed by atoms with Crippen molar-refractivity contribution in [1.82, 2.24) is 4.90 Å². The minimum absolute atomic E-state index is 0.0797. The van der Waals surface area contributed by atoms with Crippen LogP contribution in [0.1, 0.15) is 32.1 Å². The number of amides is 1. The minimum atomic E-state index is -3.54. The van der Waals surface area contributed by atoms with Gasteiger partial charge in [0, 0.05) is 25.4 Å². The normalized spacial score (nSPS) is 28.0. The zero-order valence-corrected chi connectivity index (χ0v) is 11.2. The summed E-state index contributed by atoms with van der Waals surface area (Å²) in [6.45, 7) is 0.713. The smallest absolute Gasteiger partial charge is 0.223 e. The summed E-state index contributed by atoms with van der Waals surface area (Å²) in [7, 11) is -3.54. The van der Waals surface area contributed by atoms with E-state index in [2.05, 4.69) is 0 Å². The third kappa shape index (κ3) is 3.43. The van der Waals surface area contributed by atoms with Crippen LogP contribution in [-0.4, -0.2) is 48.8 Å². The van der Waals surface area contributed by atoms with Gasteiger partial charge in [0.1, 0.15) is 0 Å². The first-order valence-corrected chi connectivity index (χ1v) is 8.00. The lowest BCUT2D eigenvalue weighted by atomic mass is 10.0. The van der Waals surface area contributed by atoms with Crippen LogP contribution >= 0.6 is 0 Å². The lowest BCUT2D eigenvalue weighted by molar-refractivity contribution is -0.130. The van der Waals surface area contributed by atoms with Gasteiger partial charge in [0.05, 0.1) is 11.4 Å². The predicted molar refractivity (Wildman–Crippen MR) is 66.1 cm³/mol. The van der Waals surface area contributed by atoms with Crippen molar-refractivity contribution in [3.05, 3.63) is 0 Å². The van der Waals surface area contributed by atoms with Crippen molar-refractivity contribution >= 4 is 15.9 Å². The predicted octanol–water partition coefficient (Wildman–Crippen LogP) is -0.571. The van der Waals surface area contributed by atoms with E-state index in [0.29, 0.717) is 13.1 Å². The first kappa shape index (κ1) is 13.8. The Morgan fingerprint density at radius 2 is 2.00 bits per heavy atom. The van der Waals surface area contributed by atoms with E-state index in [4.69, 9.17) is 5.14 Å². The fraction of sp³-hybridized carbons (Fsp3) is 0.909.